The maximum atomic E-state index is 4.63. The molecular weight excluding hydrogens is 298 g/mol. The van der Waals surface area contributed by atoms with Gasteiger partial charge in [0.25, 0.3) is 0 Å². The molecule has 1 aromatic carbocycles. The van der Waals surface area contributed by atoms with Crippen molar-refractivity contribution in [3.05, 3.63) is 72.1 Å². The van der Waals surface area contributed by atoms with Crippen LogP contribution in [0.25, 0.3) is 5.69 Å². The van der Waals surface area contributed by atoms with E-state index in [0.717, 1.165) is 30.3 Å². The number of aromatic nitrogens is 4. The average Bonchev–Trinajstić information content (AvgIpc) is 3.04. The third-order valence-corrected chi connectivity index (χ3v) is 3.79. The van der Waals surface area contributed by atoms with Crippen molar-refractivity contribution in [1.29, 1.82) is 0 Å². The SMILES string of the molecule is CC(C)c1nccc(CN(C)Cc2cnn(-c3ccccc3)c2)n1. The largest absolute Gasteiger partial charge is 0.296 e. The second-order valence-electron chi connectivity index (χ2n) is 6.36. The third-order valence-electron chi connectivity index (χ3n) is 3.79. The molecule has 3 aromatic rings. The smallest absolute Gasteiger partial charge is 0.131 e. The normalized spacial score (nSPS) is 11.4. The van der Waals surface area contributed by atoms with Gasteiger partial charge in [-0.3, -0.25) is 4.90 Å². The molecule has 3 rings (SSSR count). The van der Waals surface area contributed by atoms with Gasteiger partial charge in [-0.05, 0) is 25.2 Å². The zero-order valence-corrected chi connectivity index (χ0v) is 14.4. The van der Waals surface area contributed by atoms with E-state index in [2.05, 4.69) is 59.2 Å². The number of rotatable bonds is 6. The van der Waals surface area contributed by atoms with Gasteiger partial charge in [-0.15, -0.1) is 0 Å². The summed E-state index contributed by atoms with van der Waals surface area (Å²) in [7, 11) is 2.09. The monoisotopic (exact) mass is 321 g/mol. The van der Waals surface area contributed by atoms with Crippen LogP contribution >= 0.6 is 0 Å². The van der Waals surface area contributed by atoms with Crippen molar-refractivity contribution in [1.82, 2.24) is 24.6 Å². The van der Waals surface area contributed by atoms with Gasteiger partial charge in [0.05, 0.1) is 17.6 Å². The van der Waals surface area contributed by atoms with Crippen molar-refractivity contribution in [3.63, 3.8) is 0 Å². The molecule has 0 aliphatic carbocycles. The summed E-state index contributed by atoms with van der Waals surface area (Å²) in [6.07, 6.45) is 5.84. The summed E-state index contributed by atoms with van der Waals surface area (Å²) in [5.74, 6) is 1.25. The number of nitrogens with zero attached hydrogens (tertiary/aromatic N) is 5. The Morgan fingerprint density at radius 2 is 1.88 bits per heavy atom. The summed E-state index contributed by atoms with van der Waals surface area (Å²) >= 11 is 0. The van der Waals surface area contributed by atoms with Crippen LogP contribution in [0.4, 0.5) is 0 Å². The number of benzene rings is 1. The van der Waals surface area contributed by atoms with E-state index in [1.54, 1.807) is 0 Å². The van der Waals surface area contributed by atoms with Crippen LogP contribution in [-0.4, -0.2) is 31.7 Å². The van der Waals surface area contributed by atoms with Gasteiger partial charge in [-0.25, -0.2) is 14.6 Å². The Morgan fingerprint density at radius 3 is 2.62 bits per heavy atom. The highest BCUT2D eigenvalue weighted by Crippen LogP contribution is 2.12. The number of hydrogen-bond donors (Lipinski definition) is 0. The molecule has 0 unspecified atom stereocenters. The van der Waals surface area contributed by atoms with Gasteiger partial charge in [-0.2, -0.15) is 5.10 Å². The van der Waals surface area contributed by atoms with Crippen LogP contribution in [0.2, 0.25) is 0 Å². The number of para-hydroxylation sites is 1. The first kappa shape index (κ1) is 16.3. The predicted octanol–water partition coefficient (Wildman–Crippen LogP) is 3.42. The van der Waals surface area contributed by atoms with Crippen LogP contribution < -0.4 is 0 Å². The molecule has 0 fully saturated rings. The molecule has 2 heterocycles. The van der Waals surface area contributed by atoms with E-state index in [-0.39, 0.29) is 0 Å². The van der Waals surface area contributed by atoms with Crippen molar-refractivity contribution in [2.24, 2.45) is 0 Å². The first-order valence-electron chi connectivity index (χ1n) is 8.21. The molecule has 0 radical (unpaired) electrons. The van der Waals surface area contributed by atoms with Crippen LogP contribution in [0.15, 0.2) is 55.0 Å². The van der Waals surface area contributed by atoms with Crippen LogP contribution in [-0.2, 0) is 13.1 Å². The van der Waals surface area contributed by atoms with E-state index in [4.69, 9.17) is 0 Å². The quantitative estimate of drug-likeness (QED) is 0.698. The van der Waals surface area contributed by atoms with Crippen molar-refractivity contribution in [2.45, 2.75) is 32.9 Å². The molecule has 0 aliphatic heterocycles. The molecule has 124 valence electrons. The number of hydrogen-bond acceptors (Lipinski definition) is 4. The maximum absolute atomic E-state index is 4.63. The Labute approximate surface area is 143 Å². The predicted molar refractivity (Wildman–Crippen MR) is 94.9 cm³/mol. The molecule has 0 bridgehead atoms. The van der Waals surface area contributed by atoms with Crippen LogP contribution in [0, 0.1) is 0 Å². The van der Waals surface area contributed by atoms with Crippen molar-refractivity contribution < 1.29 is 0 Å². The van der Waals surface area contributed by atoms with Gasteiger partial charge in [0.15, 0.2) is 0 Å². The minimum Gasteiger partial charge on any atom is -0.296 e. The van der Waals surface area contributed by atoms with Gasteiger partial charge in [0.2, 0.25) is 0 Å². The van der Waals surface area contributed by atoms with Crippen molar-refractivity contribution in [3.8, 4) is 5.69 Å². The van der Waals surface area contributed by atoms with Crippen molar-refractivity contribution >= 4 is 0 Å². The van der Waals surface area contributed by atoms with E-state index in [1.807, 2.05) is 41.3 Å². The zero-order chi connectivity index (χ0) is 16.9. The van der Waals surface area contributed by atoms with E-state index in [1.165, 1.54) is 5.56 Å². The topological polar surface area (TPSA) is 46.8 Å². The fourth-order valence-corrected chi connectivity index (χ4v) is 2.59. The summed E-state index contributed by atoms with van der Waals surface area (Å²) in [5, 5.41) is 4.45. The molecule has 5 heteroatoms. The second kappa shape index (κ2) is 7.36. The molecule has 0 amide bonds. The van der Waals surface area contributed by atoms with Gasteiger partial charge < -0.3 is 0 Å². The summed E-state index contributed by atoms with van der Waals surface area (Å²) < 4.78 is 1.91. The first-order chi connectivity index (χ1) is 11.6. The molecule has 0 N–H and O–H groups in total. The van der Waals surface area contributed by atoms with Gasteiger partial charge >= 0.3 is 0 Å². The molecule has 2 aromatic heterocycles. The van der Waals surface area contributed by atoms with Crippen LogP contribution in [0.1, 0.15) is 36.8 Å². The van der Waals surface area contributed by atoms with Gasteiger partial charge in [0.1, 0.15) is 5.82 Å². The van der Waals surface area contributed by atoms with Crippen LogP contribution in [0.3, 0.4) is 0 Å². The first-order valence-corrected chi connectivity index (χ1v) is 8.21. The highest BCUT2D eigenvalue weighted by atomic mass is 15.3. The molecule has 5 nitrogen and oxygen atoms in total. The Balaban J connectivity index is 1.64. The second-order valence-corrected chi connectivity index (χ2v) is 6.36. The molecule has 0 aliphatic rings. The molecule has 24 heavy (non-hydrogen) atoms. The molecule has 0 saturated heterocycles. The van der Waals surface area contributed by atoms with E-state index in [9.17, 15) is 0 Å². The fraction of sp³-hybridized carbons (Fsp3) is 0.316. The van der Waals surface area contributed by atoms with E-state index < -0.39 is 0 Å². The maximum Gasteiger partial charge on any atom is 0.131 e. The summed E-state index contributed by atoms with van der Waals surface area (Å²) in [6, 6.07) is 12.1. The molecule has 0 atom stereocenters. The van der Waals surface area contributed by atoms with Gasteiger partial charge in [-0.1, -0.05) is 32.0 Å². The summed E-state index contributed by atoms with van der Waals surface area (Å²) in [6.45, 7) is 5.84. The fourth-order valence-electron chi connectivity index (χ4n) is 2.59. The van der Waals surface area contributed by atoms with Gasteiger partial charge in [0, 0.05) is 37.0 Å². The van der Waals surface area contributed by atoms with E-state index >= 15 is 0 Å². The van der Waals surface area contributed by atoms with E-state index in [0.29, 0.717) is 5.92 Å². The minimum absolute atomic E-state index is 0.347. The Kier molecular flexibility index (Phi) is 5.01. The lowest BCUT2D eigenvalue weighted by molar-refractivity contribution is 0.314. The minimum atomic E-state index is 0.347. The Bertz CT molecular complexity index is 779. The highest BCUT2D eigenvalue weighted by molar-refractivity contribution is 5.30. The Morgan fingerprint density at radius 1 is 1.08 bits per heavy atom. The Hall–Kier alpha value is -2.53. The zero-order valence-electron chi connectivity index (χ0n) is 14.4. The average molecular weight is 321 g/mol. The standard InChI is InChI=1S/C19H23N5/c1-15(2)19-20-10-9-17(22-19)14-23(3)12-16-11-21-24(13-16)18-7-5-4-6-8-18/h4-11,13,15H,12,14H2,1-3H3. The van der Waals surface area contributed by atoms with Crippen molar-refractivity contribution in [2.75, 3.05) is 7.05 Å². The lowest BCUT2D eigenvalue weighted by Gasteiger charge is -2.15. The molecule has 0 saturated carbocycles. The molecular formula is C19H23N5. The molecule has 0 spiro atoms. The summed E-state index contributed by atoms with van der Waals surface area (Å²) in [5.41, 5.74) is 3.30. The highest BCUT2D eigenvalue weighted by Gasteiger charge is 2.08. The lowest BCUT2D eigenvalue weighted by atomic mass is 10.2. The third kappa shape index (κ3) is 4.06. The van der Waals surface area contributed by atoms with Crippen LogP contribution in [0.5, 0.6) is 0 Å². The summed E-state index contributed by atoms with van der Waals surface area (Å²) in [4.78, 5) is 11.2. The lowest BCUT2D eigenvalue weighted by Crippen LogP contribution is -2.18.